The first-order valence-electron chi connectivity index (χ1n) is 5.55. The van der Waals surface area contributed by atoms with E-state index in [0.717, 1.165) is 0 Å². The van der Waals surface area contributed by atoms with Crippen LogP contribution in [0.4, 0.5) is 11.4 Å². The fourth-order valence-electron chi connectivity index (χ4n) is 1.93. The highest BCUT2D eigenvalue weighted by atomic mass is 16.6. The van der Waals surface area contributed by atoms with Gasteiger partial charge in [-0.15, -0.1) is 0 Å². The number of hydrogen-bond acceptors (Lipinski definition) is 6. The van der Waals surface area contributed by atoms with Crippen molar-refractivity contribution in [2.45, 2.75) is 0 Å². The van der Waals surface area contributed by atoms with Crippen LogP contribution in [-0.2, 0) is 0 Å². The van der Waals surface area contributed by atoms with E-state index in [4.69, 9.17) is 0 Å². The Kier molecular flexibility index (Phi) is 2.50. The van der Waals surface area contributed by atoms with Crippen molar-refractivity contribution in [2.75, 3.05) is 0 Å². The molecule has 0 bridgehead atoms. The van der Waals surface area contributed by atoms with Gasteiger partial charge in [-0.2, -0.15) is 0 Å². The smallest absolute Gasteiger partial charge is 0.258 e. The van der Waals surface area contributed by atoms with Crippen LogP contribution in [0.3, 0.4) is 0 Å². The van der Waals surface area contributed by atoms with Gasteiger partial charge in [-0.05, 0) is 12.1 Å². The van der Waals surface area contributed by atoms with Crippen LogP contribution in [0.5, 0.6) is 0 Å². The highest BCUT2D eigenvalue weighted by Crippen LogP contribution is 2.26. The number of non-ortho nitro benzene ring substituents is 2. The van der Waals surface area contributed by atoms with Crippen molar-refractivity contribution in [1.82, 2.24) is 9.97 Å². The number of fused-ring (bicyclic) bond motifs is 2. The van der Waals surface area contributed by atoms with Crippen molar-refractivity contribution in [3.8, 4) is 0 Å². The fraction of sp³-hybridized carbons (Fsp3) is 0. The molecular weight excluding hydrogens is 264 g/mol. The summed E-state index contributed by atoms with van der Waals surface area (Å²) in [5.41, 5.74) is 0.947. The molecule has 0 aliphatic rings. The van der Waals surface area contributed by atoms with E-state index in [1.807, 2.05) is 0 Å². The highest BCUT2D eigenvalue weighted by molar-refractivity contribution is 5.91. The van der Waals surface area contributed by atoms with Crippen LogP contribution >= 0.6 is 0 Å². The Morgan fingerprint density at radius 2 is 1.65 bits per heavy atom. The van der Waals surface area contributed by atoms with Gasteiger partial charge in [0.25, 0.3) is 11.4 Å². The molecule has 0 aliphatic heterocycles. The van der Waals surface area contributed by atoms with Crippen LogP contribution in [0.1, 0.15) is 0 Å². The lowest BCUT2D eigenvalue weighted by atomic mass is 10.2. The van der Waals surface area contributed by atoms with E-state index in [-0.39, 0.29) is 16.9 Å². The SMILES string of the molecule is O=[N+]([O-])c1ccc2nc3c([N+](=O)[O-])cccc3nc2c1. The van der Waals surface area contributed by atoms with Gasteiger partial charge >= 0.3 is 0 Å². The van der Waals surface area contributed by atoms with Crippen molar-refractivity contribution in [3.05, 3.63) is 56.6 Å². The van der Waals surface area contributed by atoms with Gasteiger partial charge in [0.15, 0.2) is 5.52 Å². The minimum atomic E-state index is -0.533. The van der Waals surface area contributed by atoms with Crippen molar-refractivity contribution in [2.24, 2.45) is 0 Å². The van der Waals surface area contributed by atoms with Gasteiger partial charge in [0.2, 0.25) is 0 Å². The van der Waals surface area contributed by atoms with Crippen LogP contribution in [0.2, 0.25) is 0 Å². The number of hydrogen-bond donors (Lipinski definition) is 0. The van der Waals surface area contributed by atoms with Crippen molar-refractivity contribution in [3.63, 3.8) is 0 Å². The Morgan fingerprint density at radius 3 is 2.35 bits per heavy atom. The van der Waals surface area contributed by atoms with Gasteiger partial charge in [0, 0.05) is 18.2 Å². The van der Waals surface area contributed by atoms with Gasteiger partial charge < -0.3 is 0 Å². The molecule has 1 aromatic heterocycles. The molecule has 3 aromatic rings. The van der Waals surface area contributed by atoms with Gasteiger partial charge in [-0.25, -0.2) is 9.97 Å². The maximum absolute atomic E-state index is 10.9. The summed E-state index contributed by atoms with van der Waals surface area (Å²) >= 11 is 0. The zero-order chi connectivity index (χ0) is 14.3. The number of nitro benzene ring substituents is 2. The molecule has 0 aliphatic carbocycles. The third-order valence-electron chi connectivity index (χ3n) is 2.83. The van der Waals surface area contributed by atoms with Crippen molar-refractivity contribution < 1.29 is 9.85 Å². The first kappa shape index (κ1) is 11.9. The van der Waals surface area contributed by atoms with Gasteiger partial charge in [0.05, 0.1) is 26.4 Å². The number of rotatable bonds is 2. The first-order valence-corrected chi connectivity index (χ1v) is 5.55. The number of nitro groups is 2. The number of nitrogens with zero attached hydrogens (tertiary/aromatic N) is 4. The van der Waals surface area contributed by atoms with E-state index in [0.29, 0.717) is 16.6 Å². The zero-order valence-corrected chi connectivity index (χ0v) is 9.89. The summed E-state index contributed by atoms with van der Waals surface area (Å²) in [4.78, 5) is 29.0. The van der Waals surface area contributed by atoms with Crippen LogP contribution in [0.15, 0.2) is 36.4 Å². The average Bonchev–Trinajstić information content (AvgIpc) is 2.43. The van der Waals surface area contributed by atoms with E-state index < -0.39 is 9.85 Å². The molecule has 0 unspecified atom stereocenters. The Morgan fingerprint density at radius 1 is 0.850 bits per heavy atom. The lowest BCUT2D eigenvalue weighted by molar-refractivity contribution is -0.384. The van der Waals surface area contributed by atoms with Crippen LogP contribution < -0.4 is 0 Å². The summed E-state index contributed by atoms with van der Waals surface area (Å²) in [6, 6.07) is 8.43. The predicted octanol–water partition coefficient (Wildman–Crippen LogP) is 2.60. The first-order chi connectivity index (χ1) is 9.56. The molecule has 0 fully saturated rings. The van der Waals surface area contributed by atoms with Crippen LogP contribution in [0.25, 0.3) is 22.1 Å². The van der Waals surface area contributed by atoms with E-state index in [1.54, 1.807) is 6.07 Å². The topological polar surface area (TPSA) is 112 Å². The second kappa shape index (κ2) is 4.19. The van der Waals surface area contributed by atoms with Crippen LogP contribution in [-0.4, -0.2) is 19.8 Å². The lowest BCUT2D eigenvalue weighted by Gasteiger charge is -2.01. The molecule has 2 aromatic carbocycles. The number of benzene rings is 2. The third-order valence-corrected chi connectivity index (χ3v) is 2.83. The lowest BCUT2D eigenvalue weighted by Crippen LogP contribution is -1.95. The molecule has 0 saturated carbocycles. The summed E-state index contributed by atoms with van der Waals surface area (Å²) in [7, 11) is 0. The summed E-state index contributed by atoms with van der Waals surface area (Å²) < 4.78 is 0. The molecule has 20 heavy (non-hydrogen) atoms. The van der Waals surface area contributed by atoms with Gasteiger partial charge in [-0.3, -0.25) is 20.2 Å². The van der Waals surface area contributed by atoms with E-state index >= 15 is 0 Å². The molecule has 0 amide bonds. The molecule has 8 heteroatoms. The molecule has 8 nitrogen and oxygen atoms in total. The second-order valence-electron chi connectivity index (χ2n) is 4.06. The predicted molar refractivity (Wildman–Crippen MR) is 70.4 cm³/mol. The van der Waals surface area contributed by atoms with Crippen LogP contribution in [0, 0.1) is 20.2 Å². The molecule has 0 saturated heterocycles. The molecule has 0 atom stereocenters. The summed E-state index contributed by atoms with van der Waals surface area (Å²) in [6.45, 7) is 0. The minimum absolute atomic E-state index is 0.100. The highest BCUT2D eigenvalue weighted by Gasteiger charge is 2.15. The quantitative estimate of drug-likeness (QED) is 0.402. The summed E-state index contributed by atoms with van der Waals surface area (Å²) in [6.07, 6.45) is 0. The molecular formula is C12H6N4O4. The summed E-state index contributed by atoms with van der Waals surface area (Å²) in [5, 5.41) is 21.7. The standard InChI is InChI=1S/C12H6N4O4/c17-15(18)7-4-5-8-10(6-7)13-9-2-1-3-11(16(19)20)12(9)14-8/h1-6H. The number of aromatic nitrogens is 2. The molecule has 1 heterocycles. The second-order valence-corrected chi connectivity index (χ2v) is 4.06. The normalized spacial score (nSPS) is 10.8. The monoisotopic (exact) mass is 270 g/mol. The fourth-order valence-corrected chi connectivity index (χ4v) is 1.93. The van der Waals surface area contributed by atoms with E-state index in [2.05, 4.69) is 9.97 Å². The maximum atomic E-state index is 10.9. The van der Waals surface area contributed by atoms with E-state index in [9.17, 15) is 20.2 Å². The summed E-state index contributed by atoms with van der Waals surface area (Å²) in [5.74, 6) is 0. The Labute approximate surface area is 111 Å². The molecule has 0 radical (unpaired) electrons. The molecule has 0 N–H and O–H groups in total. The van der Waals surface area contributed by atoms with Crippen molar-refractivity contribution in [1.29, 1.82) is 0 Å². The Balaban J connectivity index is 2.36. The maximum Gasteiger partial charge on any atom is 0.297 e. The van der Waals surface area contributed by atoms with Crippen molar-refractivity contribution >= 4 is 33.4 Å². The van der Waals surface area contributed by atoms with Gasteiger partial charge in [-0.1, -0.05) is 6.07 Å². The van der Waals surface area contributed by atoms with E-state index in [1.165, 1.54) is 30.3 Å². The Bertz CT molecular complexity index is 877. The van der Waals surface area contributed by atoms with Gasteiger partial charge in [0.1, 0.15) is 0 Å². The molecule has 3 rings (SSSR count). The largest absolute Gasteiger partial charge is 0.297 e. The zero-order valence-electron chi connectivity index (χ0n) is 9.89. The molecule has 98 valence electrons. The number of para-hydroxylation sites is 1. The minimum Gasteiger partial charge on any atom is -0.258 e. The molecule has 0 spiro atoms. The Hall–Kier alpha value is -3.16. The average molecular weight is 270 g/mol. The third kappa shape index (κ3) is 1.79.